The minimum Gasteiger partial charge on any atom is -0.392 e. The molecule has 1 aliphatic carbocycles. The van der Waals surface area contributed by atoms with E-state index < -0.39 is 0 Å². The Kier molecular flexibility index (Phi) is 6.36. The Hall–Kier alpha value is -1.89. The molecule has 24 heavy (non-hydrogen) atoms. The van der Waals surface area contributed by atoms with Gasteiger partial charge in [0.25, 0.3) is 0 Å². The standard InChI is InChI=1S/C17H30N6O/c1-5-10-18-16(19-11-15-22-21-13(2)23(15)4)20-12-17(3)9-7-6-8-14(17)24/h5,14,24H,1,6-12H2,2-4H3,(H2,18,19,20). The Labute approximate surface area is 144 Å². The number of guanidine groups is 1. The summed E-state index contributed by atoms with van der Waals surface area (Å²) in [5.74, 6) is 2.39. The van der Waals surface area contributed by atoms with Crippen LogP contribution in [0.2, 0.25) is 0 Å². The van der Waals surface area contributed by atoms with Gasteiger partial charge in [-0.15, -0.1) is 16.8 Å². The minimum absolute atomic E-state index is 0.115. The Bertz CT molecular complexity index is 582. The SMILES string of the molecule is C=CCNC(=NCc1nnc(C)n1C)NCC1(C)CCCCC1O. The van der Waals surface area contributed by atoms with E-state index in [2.05, 4.69) is 39.3 Å². The third kappa shape index (κ3) is 4.56. The molecule has 1 aliphatic rings. The third-order valence-corrected chi connectivity index (χ3v) is 4.91. The highest BCUT2D eigenvalue weighted by atomic mass is 16.3. The summed E-state index contributed by atoms with van der Waals surface area (Å²) in [5.41, 5.74) is -0.115. The van der Waals surface area contributed by atoms with Crippen LogP contribution in [0.15, 0.2) is 17.6 Å². The minimum atomic E-state index is -0.263. The molecule has 1 fully saturated rings. The van der Waals surface area contributed by atoms with E-state index >= 15 is 0 Å². The fourth-order valence-corrected chi connectivity index (χ4v) is 2.96. The zero-order chi connectivity index (χ0) is 17.6. The fourth-order valence-electron chi connectivity index (χ4n) is 2.96. The summed E-state index contributed by atoms with van der Waals surface area (Å²) in [6.45, 7) is 9.55. The molecular formula is C17H30N6O. The number of nitrogens with zero attached hydrogens (tertiary/aromatic N) is 4. The van der Waals surface area contributed by atoms with Crippen LogP contribution in [-0.4, -0.2) is 45.0 Å². The van der Waals surface area contributed by atoms with Gasteiger partial charge in [0.15, 0.2) is 11.8 Å². The molecular weight excluding hydrogens is 304 g/mol. The second-order valence-electron chi connectivity index (χ2n) is 6.83. The van der Waals surface area contributed by atoms with Crippen molar-refractivity contribution in [3.63, 3.8) is 0 Å². The lowest BCUT2D eigenvalue weighted by atomic mass is 9.73. The average Bonchev–Trinajstić information content (AvgIpc) is 2.89. The molecule has 3 N–H and O–H groups in total. The number of nitrogens with one attached hydrogen (secondary N) is 2. The number of aliphatic hydroxyl groups excluding tert-OH is 1. The molecule has 7 nitrogen and oxygen atoms in total. The molecule has 1 aromatic rings. The van der Waals surface area contributed by atoms with Gasteiger partial charge >= 0.3 is 0 Å². The maximum atomic E-state index is 10.3. The van der Waals surface area contributed by atoms with Crippen LogP contribution in [0.3, 0.4) is 0 Å². The molecule has 0 saturated heterocycles. The van der Waals surface area contributed by atoms with E-state index in [1.807, 2.05) is 18.5 Å². The van der Waals surface area contributed by atoms with Crippen molar-refractivity contribution in [2.75, 3.05) is 13.1 Å². The lowest BCUT2D eigenvalue weighted by Gasteiger charge is -2.38. The van der Waals surface area contributed by atoms with Crippen molar-refractivity contribution >= 4 is 5.96 Å². The molecule has 0 bridgehead atoms. The third-order valence-electron chi connectivity index (χ3n) is 4.91. The van der Waals surface area contributed by atoms with Gasteiger partial charge in [-0.2, -0.15) is 0 Å². The Morgan fingerprint density at radius 3 is 2.88 bits per heavy atom. The Morgan fingerprint density at radius 2 is 2.25 bits per heavy atom. The van der Waals surface area contributed by atoms with Gasteiger partial charge < -0.3 is 20.3 Å². The van der Waals surface area contributed by atoms with E-state index in [0.29, 0.717) is 25.6 Å². The van der Waals surface area contributed by atoms with Crippen LogP contribution in [-0.2, 0) is 13.6 Å². The van der Waals surface area contributed by atoms with Crippen molar-refractivity contribution in [2.24, 2.45) is 17.5 Å². The van der Waals surface area contributed by atoms with E-state index in [9.17, 15) is 5.11 Å². The maximum absolute atomic E-state index is 10.3. The highest BCUT2D eigenvalue weighted by Gasteiger charge is 2.35. The van der Waals surface area contributed by atoms with Crippen molar-refractivity contribution < 1.29 is 5.11 Å². The molecule has 0 aromatic carbocycles. The first kappa shape index (κ1) is 18.4. The number of aryl methyl sites for hydroxylation is 1. The summed E-state index contributed by atoms with van der Waals surface area (Å²) in [4.78, 5) is 4.59. The summed E-state index contributed by atoms with van der Waals surface area (Å²) in [6, 6.07) is 0. The zero-order valence-corrected chi connectivity index (χ0v) is 15.0. The lowest BCUT2D eigenvalue weighted by Crippen LogP contribution is -2.48. The summed E-state index contributed by atoms with van der Waals surface area (Å²) in [5, 5.41) is 25.1. The highest BCUT2D eigenvalue weighted by molar-refractivity contribution is 5.79. The maximum Gasteiger partial charge on any atom is 0.191 e. The predicted molar refractivity (Wildman–Crippen MR) is 95.7 cm³/mol. The molecule has 134 valence electrons. The molecule has 2 rings (SSSR count). The van der Waals surface area contributed by atoms with Crippen molar-refractivity contribution in [2.45, 2.75) is 52.2 Å². The normalized spacial score (nSPS) is 24.7. The average molecular weight is 334 g/mol. The van der Waals surface area contributed by atoms with Crippen molar-refractivity contribution in [1.29, 1.82) is 0 Å². The second kappa shape index (κ2) is 8.28. The molecule has 7 heteroatoms. The number of hydrogen-bond donors (Lipinski definition) is 3. The van der Waals surface area contributed by atoms with Crippen LogP contribution >= 0.6 is 0 Å². The monoisotopic (exact) mass is 334 g/mol. The number of rotatable bonds is 6. The van der Waals surface area contributed by atoms with Gasteiger partial charge in [-0.25, -0.2) is 4.99 Å². The lowest BCUT2D eigenvalue weighted by molar-refractivity contribution is 0.00397. The largest absolute Gasteiger partial charge is 0.392 e. The van der Waals surface area contributed by atoms with E-state index in [1.165, 1.54) is 6.42 Å². The first-order valence-corrected chi connectivity index (χ1v) is 8.62. The van der Waals surface area contributed by atoms with Crippen LogP contribution in [0, 0.1) is 12.3 Å². The second-order valence-corrected chi connectivity index (χ2v) is 6.83. The van der Waals surface area contributed by atoms with Gasteiger partial charge in [-0.05, 0) is 19.8 Å². The van der Waals surface area contributed by atoms with Gasteiger partial charge in [-0.1, -0.05) is 25.8 Å². The molecule has 0 radical (unpaired) electrons. The van der Waals surface area contributed by atoms with Gasteiger partial charge in [0, 0.05) is 25.6 Å². The Morgan fingerprint density at radius 1 is 1.46 bits per heavy atom. The predicted octanol–water partition coefficient (Wildman–Crippen LogP) is 1.29. The van der Waals surface area contributed by atoms with Crippen LogP contribution in [0.4, 0.5) is 0 Å². The topological polar surface area (TPSA) is 87.4 Å². The molecule has 2 unspecified atom stereocenters. The quantitative estimate of drug-likeness (QED) is 0.414. The van der Waals surface area contributed by atoms with Crippen molar-refractivity contribution in [3.05, 3.63) is 24.3 Å². The summed E-state index contributed by atoms with van der Waals surface area (Å²) >= 11 is 0. The van der Waals surface area contributed by atoms with E-state index in [0.717, 1.165) is 30.9 Å². The molecule has 0 amide bonds. The molecule has 0 aliphatic heterocycles. The Balaban J connectivity index is 2.00. The summed E-state index contributed by atoms with van der Waals surface area (Å²) < 4.78 is 1.93. The van der Waals surface area contributed by atoms with Crippen LogP contribution in [0.25, 0.3) is 0 Å². The number of aliphatic hydroxyl groups is 1. The van der Waals surface area contributed by atoms with E-state index in [-0.39, 0.29) is 11.5 Å². The zero-order valence-electron chi connectivity index (χ0n) is 15.0. The van der Waals surface area contributed by atoms with Gasteiger partial charge in [0.2, 0.25) is 0 Å². The number of aliphatic imine (C=N–C) groups is 1. The fraction of sp³-hybridized carbons (Fsp3) is 0.706. The van der Waals surface area contributed by atoms with E-state index in [1.54, 1.807) is 6.08 Å². The van der Waals surface area contributed by atoms with Crippen molar-refractivity contribution in [3.8, 4) is 0 Å². The van der Waals surface area contributed by atoms with E-state index in [4.69, 9.17) is 0 Å². The van der Waals surface area contributed by atoms with Crippen LogP contribution in [0.1, 0.15) is 44.3 Å². The molecule has 1 saturated carbocycles. The van der Waals surface area contributed by atoms with Crippen LogP contribution in [0.5, 0.6) is 0 Å². The molecule has 1 heterocycles. The summed E-state index contributed by atoms with van der Waals surface area (Å²) in [6.07, 6.45) is 5.71. The smallest absolute Gasteiger partial charge is 0.191 e. The van der Waals surface area contributed by atoms with Crippen molar-refractivity contribution in [1.82, 2.24) is 25.4 Å². The first-order chi connectivity index (χ1) is 11.5. The highest BCUT2D eigenvalue weighted by Crippen LogP contribution is 2.35. The van der Waals surface area contributed by atoms with Crippen LogP contribution < -0.4 is 10.6 Å². The molecule has 2 atom stereocenters. The number of aromatic nitrogens is 3. The molecule has 1 aromatic heterocycles. The van der Waals surface area contributed by atoms with Gasteiger partial charge in [-0.3, -0.25) is 0 Å². The summed E-state index contributed by atoms with van der Waals surface area (Å²) in [7, 11) is 1.93. The van der Waals surface area contributed by atoms with Gasteiger partial charge in [0.1, 0.15) is 12.4 Å². The first-order valence-electron chi connectivity index (χ1n) is 8.62. The van der Waals surface area contributed by atoms with Gasteiger partial charge in [0.05, 0.1) is 6.10 Å². The molecule has 0 spiro atoms. The number of hydrogen-bond acceptors (Lipinski definition) is 4.